The summed E-state index contributed by atoms with van der Waals surface area (Å²) in [6.07, 6.45) is 0. The molecular weight excluding hydrogens is 929 g/mol. The van der Waals surface area contributed by atoms with Crippen LogP contribution in [0.4, 0.5) is 0 Å². The highest BCUT2D eigenvalue weighted by Crippen LogP contribution is 2.19. The molecule has 0 radical (unpaired) electrons. The molecule has 76 heavy (non-hydrogen) atoms. The van der Waals surface area contributed by atoms with Crippen molar-refractivity contribution < 1.29 is 0 Å². The van der Waals surface area contributed by atoms with Gasteiger partial charge in [-0.3, -0.25) is 0 Å². The lowest BCUT2D eigenvalue weighted by Gasteiger charge is -2.08. The smallest absolute Gasteiger partial charge is 0.100 e. The summed E-state index contributed by atoms with van der Waals surface area (Å²) in [5.41, 5.74) is 23.9. The molecule has 0 bridgehead atoms. The van der Waals surface area contributed by atoms with Crippen LogP contribution in [-0.4, -0.2) is 45.7 Å². The van der Waals surface area contributed by atoms with E-state index in [4.69, 9.17) is 0 Å². The largest absolute Gasteiger partial charge is 0.153 e. The first kappa shape index (κ1) is 54.9. The molecule has 0 spiro atoms. The quantitative estimate of drug-likeness (QED) is 0.0766. The normalized spacial score (nSPS) is 11.7. The summed E-state index contributed by atoms with van der Waals surface area (Å²) < 4.78 is 0. The maximum atomic E-state index is 4.68. The fourth-order valence-electron chi connectivity index (χ4n) is 7.61. The summed E-state index contributed by atoms with van der Waals surface area (Å²) in [6, 6.07) is 66.8. The molecule has 8 heteroatoms. The van der Waals surface area contributed by atoms with Crippen molar-refractivity contribution in [2.75, 3.05) is 0 Å². The summed E-state index contributed by atoms with van der Waals surface area (Å²) >= 11 is 0. The number of hydrogen-bond donors (Lipinski definition) is 0. The Morgan fingerprint density at radius 2 is 0.276 bits per heavy atom. The molecule has 0 aliphatic carbocycles. The fourth-order valence-corrected chi connectivity index (χ4v) is 7.61. The third-order valence-corrected chi connectivity index (χ3v) is 12.8. The van der Waals surface area contributed by atoms with Gasteiger partial charge in [-0.25, -0.2) is 0 Å². The second-order valence-electron chi connectivity index (χ2n) is 19.5. The average Bonchev–Trinajstić information content (AvgIpc) is 3.43. The van der Waals surface area contributed by atoms with Crippen LogP contribution in [0.25, 0.3) is 0 Å². The Morgan fingerprint density at radius 1 is 0.171 bits per heavy atom. The lowest BCUT2D eigenvalue weighted by molar-refractivity contribution is 1.20. The van der Waals surface area contributed by atoms with Gasteiger partial charge in [-0.1, -0.05) is 239 Å². The zero-order valence-corrected chi connectivity index (χ0v) is 46.1. The minimum Gasteiger partial charge on any atom is -0.153 e. The Hall–Kier alpha value is -8.88. The Kier molecular flexibility index (Phi) is 19.0. The maximum absolute atomic E-state index is 4.68. The Labute approximate surface area is 450 Å². The van der Waals surface area contributed by atoms with Crippen LogP contribution in [0.15, 0.2) is 235 Å². The number of benzene rings is 8. The molecule has 8 nitrogen and oxygen atoms in total. The van der Waals surface area contributed by atoms with E-state index >= 15 is 0 Å². The van der Waals surface area contributed by atoms with Gasteiger partial charge in [0, 0.05) is 44.5 Å². The molecule has 0 N–H and O–H groups in total. The van der Waals surface area contributed by atoms with E-state index in [2.05, 4.69) is 290 Å². The van der Waals surface area contributed by atoms with Gasteiger partial charge in [-0.2, -0.15) is 20.4 Å². The Bertz CT molecular complexity index is 2810. The summed E-state index contributed by atoms with van der Waals surface area (Å²) in [4.78, 5) is 0. The molecule has 0 saturated heterocycles. The third kappa shape index (κ3) is 15.6. The van der Waals surface area contributed by atoms with Crippen molar-refractivity contribution >= 4 is 45.7 Å². The van der Waals surface area contributed by atoms with Gasteiger partial charge in [-0.05, 0) is 83.1 Å². The molecule has 0 aliphatic heterocycles. The van der Waals surface area contributed by atoms with E-state index in [1.807, 2.05) is 27.7 Å². The Morgan fingerprint density at radius 3 is 0.382 bits per heavy atom. The molecule has 0 atom stereocenters. The highest BCUT2D eigenvalue weighted by atomic mass is 15.3. The van der Waals surface area contributed by atoms with Crippen LogP contribution in [0.2, 0.25) is 0 Å². The van der Waals surface area contributed by atoms with Crippen molar-refractivity contribution in [1.29, 1.82) is 0 Å². The SMILES string of the molecule is CC(=N\N=C(c1ccc(C)cc1)c1ccc(C)cc1)/C(C)=N/N=C(c1ccc(C)cc1)c1ccc(C)cc1.CC(=N\N=C(c1ccc(C)cc1)c1ccc(C)cc1)/C(C)=N/N=C(c1ccc(C)cc1)c1ccc(C)cc1. The van der Waals surface area contributed by atoms with Crippen LogP contribution in [0.1, 0.15) is 117 Å². The van der Waals surface area contributed by atoms with Gasteiger partial charge in [0.15, 0.2) is 0 Å². The standard InChI is InChI=1S/2C34H34N4/c2*1-23-7-15-29(16-8-23)33(30-17-9-24(2)10-18-30)37-35-27(5)28(6)36-38-34(31-19-11-25(3)12-20-31)32-21-13-26(4)14-22-32/h2*7-22H,1-6H3/b2*35-27+,36-28+. The van der Waals surface area contributed by atoms with Crippen LogP contribution in [0.5, 0.6) is 0 Å². The van der Waals surface area contributed by atoms with E-state index in [1.54, 1.807) is 0 Å². The topological polar surface area (TPSA) is 98.9 Å². The third-order valence-electron chi connectivity index (χ3n) is 12.8. The molecule has 380 valence electrons. The molecule has 8 rings (SSSR count). The fraction of sp³-hybridized carbons (Fsp3) is 0.176. The van der Waals surface area contributed by atoms with Crippen LogP contribution < -0.4 is 0 Å². The monoisotopic (exact) mass is 997 g/mol. The Balaban J connectivity index is 0.000000221. The molecule has 0 fully saturated rings. The van der Waals surface area contributed by atoms with Gasteiger partial charge in [0.05, 0.1) is 22.8 Å². The molecule has 0 aromatic heterocycles. The van der Waals surface area contributed by atoms with E-state index in [0.717, 1.165) is 67.4 Å². The lowest BCUT2D eigenvalue weighted by atomic mass is 10.0. The van der Waals surface area contributed by atoms with Crippen molar-refractivity contribution in [3.8, 4) is 0 Å². The molecule has 8 aromatic rings. The molecular formula is C68H68N8. The molecule has 0 unspecified atom stereocenters. The first-order valence-electron chi connectivity index (χ1n) is 25.7. The number of nitrogens with zero attached hydrogens (tertiary/aromatic N) is 8. The van der Waals surface area contributed by atoms with E-state index in [1.165, 1.54) is 44.5 Å². The zero-order chi connectivity index (χ0) is 54.1. The summed E-state index contributed by atoms with van der Waals surface area (Å²) in [7, 11) is 0. The van der Waals surface area contributed by atoms with Crippen molar-refractivity contribution in [2.45, 2.75) is 83.1 Å². The summed E-state index contributed by atoms with van der Waals surface area (Å²) in [6.45, 7) is 24.3. The predicted molar refractivity (Wildman–Crippen MR) is 324 cm³/mol. The first-order valence-corrected chi connectivity index (χ1v) is 25.7. The van der Waals surface area contributed by atoms with Gasteiger partial charge in [0.2, 0.25) is 0 Å². The van der Waals surface area contributed by atoms with Crippen LogP contribution in [-0.2, 0) is 0 Å². The van der Waals surface area contributed by atoms with Gasteiger partial charge >= 0.3 is 0 Å². The lowest BCUT2D eigenvalue weighted by Crippen LogP contribution is -2.08. The average molecular weight is 997 g/mol. The van der Waals surface area contributed by atoms with Crippen molar-refractivity contribution in [1.82, 2.24) is 0 Å². The van der Waals surface area contributed by atoms with Crippen LogP contribution in [0.3, 0.4) is 0 Å². The second-order valence-corrected chi connectivity index (χ2v) is 19.5. The maximum Gasteiger partial charge on any atom is 0.100 e. The van der Waals surface area contributed by atoms with E-state index in [-0.39, 0.29) is 0 Å². The molecule has 0 amide bonds. The highest BCUT2D eigenvalue weighted by molar-refractivity contribution is 6.41. The van der Waals surface area contributed by atoms with E-state index in [9.17, 15) is 0 Å². The van der Waals surface area contributed by atoms with Crippen molar-refractivity contribution in [2.24, 2.45) is 40.8 Å². The first-order chi connectivity index (χ1) is 36.6. The zero-order valence-electron chi connectivity index (χ0n) is 46.1. The number of aryl methyl sites for hydroxylation is 8. The van der Waals surface area contributed by atoms with Gasteiger partial charge in [0.25, 0.3) is 0 Å². The van der Waals surface area contributed by atoms with Crippen LogP contribution in [0, 0.1) is 55.4 Å². The van der Waals surface area contributed by atoms with E-state index < -0.39 is 0 Å². The minimum atomic E-state index is 0.706. The molecule has 8 aromatic carbocycles. The highest BCUT2D eigenvalue weighted by Gasteiger charge is 2.12. The van der Waals surface area contributed by atoms with Gasteiger partial charge in [-0.15, -0.1) is 20.4 Å². The molecule has 0 aliphatic rings. The minimum absolute atomic E-state index is 0.706. The van der Waals surface area contributed by atoms with E-state index in [0.29, 0.717) is 22.8 Å². The molecule has 0 heterocycles. The number of rotatable bonds is 14. The van der Waals surface area contributed by atoms with Crippen LogP contribution >= 0.6 is 0 Å². The number of hydrogen-bond acceptors (Lipinski definition) is 8. The predicted octanol–water partition coefficient (Wildman–Crippen LogP) is 16.1. The summed E-state index contributed by atoms with van der Waals surface area (Å²) in [5, 5.41) is 37.0. The van der Waals surface area contributed by atoms with Crippen molar-refractivity contribution in [3.05, 3.63) is 283 Å². The van der Waals surface area contributed by atoms with Crippen molar-refractivity contribution in [3.63, 3.8) is 0 Å². The van der Waals surface area contributed by atoms with Gasteiger partial charge in [0.1, 0.15) is 22.8 Å². The van der Waals surface area contributed by atoms with Gasteiger partial charge < -0.3 is 0 Å². The summed E-state index contributed by atoms with van der Waals surface area (Å²) in [5.74, 6) is 0. The second kappa shape index (κ2) is 26.4. The molecule has 0 saturated carbocycles.